The molecule has 1 aromatic carbocycles. The maximum atomic E-state index is 12.3. The van der Waals surface area contributed by atoms with Crippen LogP contribution >= 0.6 is 0 Å². The summed E-state index contributed by atoms with van der Waals surface area (Å²) < 4.78 is 0. The highest BCUT2D eigenvalue weighted by Crippen LogP contribution is 2.33. The van der Waals surface area contributed by atoms with Crippen molar-refractivity contribution in [2.75, 3.05) is 11.9 Å². The largest absolute Gasteiger partial charge is 0.384 e. The fourth-order valence-electron chi connectivity index (χ4n) is 2.38. The van der Waals surface area contributed by atoms with E-state index in [0.717, 1.165) is 37.1 Å². The highest BCUT2D eigenvalue weighted by Gasteiger charge is 2.36. The molecule has 0 bridgehead atoms. The van der Waals surface area contributed by atoms with E-state index in [4.69, 9.17) is 0 Å². The number of carbonyl (C=O) groups excluding carboxylic acids is 1. The van der Waals surface area contributed by atoms with Crippen molar-refractivity contribution in [2.24, 2.45) is 5.92 Å². The maximum Gasteiger partial charge on any atom is 0.253 e. The van der Waals surface area contributed by atoms with Gasteiger partial charge in [0.05, 0.1) is 5.56 Å². The standard InChI is InChI=1S/C16H24N2O/c1-4-8-17-15-9-11(3)6-7-13(15)16(19)18-14-10-12(14)5-2/h6-7,9,12,14,17H,4-5,8,10H2,1-3H3,(H,18,19). The molecule has 1 saturated carbocycles. The Balaban J connectivity index is 2.07. The summed E-state index contributed by atoms with van der Waals surface area (Å²) in [6.45, 7) is 7.24. The topological polar surface area (TPSA) is 41.1 Å². The second-order valence-corrected chi connectivity index (χ2v) is 5.46. The Morgan fingerprint density at radius 2 is 2.16 bits per heavy atom. The van der Waals surface area contributed by atoms with E-state index >= 15 is 0 Å². The lowest BCUT2D eigenvalue weighted by atomic mass is 10.1. The van der Waals surface area contributed by atoms with Crippen molar-refractivity contribution in [3.63, 3.8) is 0 Å². The predicted octanol–water partition coefficient (Wildman–Crippen LogP) is 3.35. The summed E-state index contributed by atoms with van der Waals surface area (Å²) in [6, 6.07) is 6.36. The summed E-state index contributed by atoms with van der Waals surface area (Å²) in [5.74, 6) is 0.737. The van der Waals surface area contributed by atoms with Gasteiger partial charge < -0.3 is 10.6 Å². The van der Waals surface area contributed by atoms with E-state index in [1.165, 1.54) is 5.56 Å². The van der Waals surface area contributed by atoms with Gasteiger partial charge in [-0.15, -0.1) is 0 Å². The van der Waals surface area contributed by atoms with Gasteiger partial charge in [0.25, 0.3) is 5.91 Å². The van der Waals surface area contributed by atoms with Gasteiger partial charge in [0, 0.05) is 18.3 Å². The molecule has 0 saturated heterocycles. The molecule has 2 unspecified atom stereocenters. The van der Waals surface area contributed by atoms with Gasteiger partial charge in [0.2, 0.25) is 0 Å². The van der Waals surface area contributed by atoms with Crippen LogP contribution < -0.4 is 10.6 Å². The number of nitrogens with one attached hydrogen (secondary N) is 2. The molecule has 1 aliphatic rings. The Bertz CT molecular complexity index is 456. The first-order valence-electron chi connectivity index (χ1n) is 7.31. The van der Waals surface area contributed by atoms with Crippen molar-refractivity contribution in [3.8, 4) is 0 Å². The average molecular weight is 260 g/mol. The number of aryl methyl sites for hydroxylation is 1. The zero-order valence-corrected chi connectivity index (χ0v) is 12.1. The molecule has 0 spiro atoms. The van der Waals surface area contributed by atoms with Crippen LogP contribution in [0.15, 0.2) is 18.2 Å². The minimum atomic E-state index is 0.0551. The number of rotatable bonds is 6. The normalized spacial score (nSPS) is 21.0. The third-order valence-electron chi connectivity index (χ3n) is 3.75. The average Bonchev–Trinajstić information content (AvgIpc) is 3.14. The minimum absolute atomic E-state index is 0.0551. The van der Waals surface area contributed by atoms with E-state index in [1.54, 1.807) is 0 Å². The van der Waals surface area contributed by atoms with Gasteiger partial charge >= 0.3 is 0 Å². The third kappa shape index (κ3) is 3.49. The van der Waals surface area contributed by atoms with Gasteiger partial charge in [-0.05, 0) is 43.4 Å². The summed E-state index contributed by atoms with van der Waals surface area (Å²) in [7, 11) is 0. The number of amides is 1. The highest BCUT2D eigenvalue weighted by molar-refractivity contribution is 6.00. The lowest BCUT2D eigenvalue weighted by Gasteiger charge is -2.12. The number of benzene rings is 1. The summed E-state index contributed by atoms with van der Waals surface area (Å²) in [6.07, 6.45) is 3.33. The molecule has 104 valence electrons. The molecular formula is C16H24N2O. The van der Waals surface area contributed by atoms with Crippen molar-refractivity contribution in [1.29, 1.82) is 0 Å². The molecule has 2 atom stereocenters. The molecule has 2 rings (SSSR count). The van der Waals surface area contributed by atoms with Gasteiger partial charge in [-0.1, -0.05) is 26.3 Å². The Labute approximate surface area is 115 Å². The minimum Gasteiger partial charge on any atom is -0.384 e. The van der Waals surface area contributed by atoms with E-state index in [2.05, 4.69) is 30.5 Å². The van der Waals surface area contributed by atoms with Gasteiger partial charge in [0.15, 0.2) is 0 Å². The van der Waals surface area contributed by atoms with Crippen LogP contribution in [-0.2, 0) is 0 Å². The van der Waals surface area contributed by atoms with Crippen molar-refractivity contribution >= 4 is 11.6 Å². The summed E-state index contributed by atoms with van der Waals surface area (Å²) in [5.41, 5.74) is 2.89. The molecule has 3 heteroatoms. The SMILES string of the molecule is CCCNc1cc(C)ccc1C(=O)NC1CC1CC. The molecule has 0 heterocycles. The van der Waals surface area contributed by atoms with Gasteiger partial charge in [-0.2, -0.15) is 0 Å². The molecule has 1 amide bonds. The first kappa shape index (κ1) is 13.9. The second kappa shape index (κ2) is 6.09. The summed E-state index contributed by atoms with van der Waals surface area (Å²) in [4.78, 5) is 12.3. The lowest BCUT2D eigenvalue weighted by molar-refractivity contribution is 0.0950. The zero-order valence-electron chi connectivity index (χ0n) is 12.1. The third-order valence-corrected chi connectivity index (χ3v) is 3.75. The molecule has 0 aliphatic heterocycles. The number of hydrogen-bond acceptors (Lipinski definition) is 2. The van der Waals surface area contributed by atoms with Crippen LogP contribution in [0.3, 0.4) is 0 Å². The molecular weight excluding hydrogens is 236 g/mol. The second-order valence-electron chi connectivity index (χ2n) is 5.46. The first-order valence-corrected chi connectivity index (χ1v) is 7.31. The Morgan fingerprint density at radius 1 is 1.37 bits per heavy atom. The van der Waals surface area contributed by atoms with E-state index in [1.807, 2.05) is 19.1 Å². The van der Waals surface area contributed by atoms with Gasteiger partial charge in [-0.3, -0.25) is 4.79 Å². The van der Waals surface area contributed by atoms with E-state index in [-0.39, 0.29) is 5.91 Å². The number of hydrogen-bond donors (Lipinski definition) is 2. The van der Waals surface area contributed by atoms with Crippen molar-refractivity contribution in [1.82, 2.24) is 5.32 Å². The van der Waals surface area contributed by atoms with Crippen LogP contribution in [0, 0.1) is 12.8 Å². The molecule has 1 aliphatic carbocycles. The van der Waals surface area contributed by atoms with Crippen LogP contribution in [0.5, 0.6) is 0 Å². The monoisotopic (exact) mass is 260 g/mol. The fraction of sp³-hybridized carbons (Fsp3) is 0.562. The Kier molecular flexibility index (Phi) is 4.46. The van der Waals surface area contributed by atoms with Gasteiger partial charge in [-0.25, -0.2) is 0 Å². The van der Waals surface area contributed by atoms with Crippen molar-refractivity contribution in [3.05, 3.63) is 29.3 Å². The van der Waals surface area contributed by atoms with Crippen LogP contribution in [0.1, 0.15) is 49.0 Å². The first-order chi connectivity index (χ1) is 9.15. The number of carbonyl (C=O) groups is 1. The van der Waals surface area contributed by atoms with E-state index in [0.29, 0.717) is 12.0 Å². The van der Waals surface area contributed by atoms with Crippen LogP contribution in [0.4, 0.5) is 5.69 Å². The predicted molar refractivity (Wildman–Crippen MR) is 79.6 cm³/mol. The quantitative estimate of drug-likeness (QED) is 0.823. The van der Waals surface area contributed by atoms with Gasteiger partial charge in [0.1, 0.15) is 0 Å². The summed E-state index contributed by atoms with van der Waals surface area (Å²) >= 11 is 0. The molecule has 3 nitrogen and oxygen atoms in total. The molecule has 2 N–H and O–H groups in total. The Morgan fingerprint density at radius 3 is 2.79 bits per heavy atom. The van der Waals surface area contributed by atoms with Crippen molar-refractivity contribution in [2.45, 2.75) is 46.1 Å². The van der Waals surface area contributed by atoms with Crippen LogP contribution in [0.2, 0.25) is 0 Å². The van der Waals surface area contributed by atoms with Crippen LogP contribution in [-0.4, -0.2) is 18.5 Å². The molecule has 1 aromatic rings. The zero-order chi connectivity index (χ0) is 13.8. The fourth-order valence-corrected chi connectivity index (χ4v) is 2.38. The molecule has 0 aromatic heterocycles. The van der Waals surface area contributed by atoms with E-state index < -0.39 is 0 Å². The van der Waals surface area contributed by atoms with Crippen LogP contribution in [0.25, 0.3) is 0 Å². The molecule has 0 radical (unpaired) electrons. The molecule has 19 heavy (non-hydrogen) atoms. The highest BCUT2D eigenvalue weighted by atomic mass is 16.1. The smallest absolute Gasteiger partial charge is 0.253 e. The maximum absolute atomic E-state index is 12.3. The van der Waals surface area contributed by atoms with E-state index in [9.17, 15) is 4.79 Å². The summed E-state index contributed by atoms with van der Waals surface area (Å²) in [5, 5.41) is 6.47. The lowest BCUT2D eigenvalue weighted by Crippen LogP contribution is -2.27. The molecule has 1 fully saturated rings. The Hall–Kier alpha value is -1.51. The van der Waals surface area contributed by atoms with Crippen molar-refractivity contribution < 1.29 is 4.79 Å². The number of anilines is 1.